The van der Waals surface area contributed by atoms with Crippen molar-refractivity contribution in [3.63, 3.8) is 0 Å². The predicted molar refractivity (Wildman–Crippen MR) is 182 cm³/mol. The van der Waals surface area contributed by atoms with Crippen molar-refractivity contribution in [2.45, 2.75) is 33.3 Å². The number of ether oxygens (including phenoxy) is 2. The number of rotatable bonds is 8. The van der Waals surface area contributed by atoms with E-state index >= 15 is 0 Å². The lowest BCUT2D eigenvalue weighted by Gasteiger charge is -2.17. The van der Waals surface area contributed by atoms with Gasteiger partial charge in [0.2, 0.25) is 0 Å². The lowest BCUT2D eigenvalue weighted by molar-refractivity contribution is 0.306. The molecular formula is C33H27Br2Cl2N3O3. The van der Waals surface area contributed by atoms with Crippen LogP contribution in [0.4, 0.5) is 0 Å². The summed E-state index contributed by atoms with van der Waals surface area (Å²) in [5.41, 5.74) is 4.50. The van der Waals surface area contributed by atoms with E-state index in [-0.39, 0.29) is 18.1 Å². The van der Waals surface area contributed by atoms with Crippen molar-refractivity contribution in [3.05, 3.63) is 118 Å². The molecule has 0 amide bonds. The summed E-state index contributed by atoms with van der Waals surface area (Å²) >= 11 is 20.2. The molecule has 6 nitrogen and oxygen atoms in total. The van der Waals surface area contributed by atoms with Crippen LogP contribution in [0, 0.1) is 6.92 Å². The maximum absolute atomic E-state index is 13.8. The minimum absolute atomic E-state index is 0.188. The third kappa shape index (κ3) is 6.68. The molecule has 0 aliphatic rings. The Morgan fingerprint density at radius 1 is 1.02 bits per heavy atom. The zero-order chi connectivity index (χ0) is 30.8. The summed E-state index contributed by atoms with van der Waals surface area (Å²) in [6.07, 6.45) is 1.54. The first-order valence-corrected chi connectivity index (χ1v) is 15.7. The Balaban J connectivity index is 1.56. The van der Waals surface area contributed by atoms with Gasteiger partial charge in [-0.05, 0) is 78.1 Å². The second-order valence-electron chi connectivity index (χ2n) is 10.2. The number of aryl methyl sites for hydroxylation is 1. The Morgan fingerprint density at radius 3 is 2.42 bits per heavy atom. The number of methoxy groups -OCH3 is 1. The fraction of sp³-hybridized carbons (Fsp3) is 0.182. The van der Waals surface area contributed by atoms with Gasteiger partial charge in [-0.1, -0.05) is 87.1 Å². The van der Waals surface area contributed by atoms with Crippen LogP contribution in [0.25, 0.3) is 22.3 Å². The van der Waals surface area contributed by atoms with E-state index in [1.165, 1.54) is 10.9 Å². The van der Waals surface area contributed by atoms with E-state index in [4.69, 9.17) is 37.7 Å². The van der Waals surface area contributed by atoms with Crippen molar-refractivity contribution < 1.29 is 9.47 Å². The summed E-state index contributed by atoms with van der Waals surface area (Å²) in [7, 11) is 1.65. The summed E-state index contributed by atoms with van der Waals surface area (Å²) in [4.78, 5) is 18.6. The van der Waals surface area contributed by atoms with Gasteiger partial charge in [0.1, 0.15) is 12.4 Å². The molecule has 0 saturated heterocycles. The number of para-hydroxylation sites is 1. The van der Waals surface area contributed by atoms with Crippen LogP contribution in [0.5, 0.6) is 11.5 Å². The molecule has 5 aromatic rings. The van der Waals surface area contributed by atoms with Crippen LogP contribution < -0.4 is 15.0 Å². The number of halogens is 4. The Labute approximate surface area is 276 Å². The van der Waals surface area contributed by atoms with E-state index in [0.717, 1.165) is 36.9 Å². The molecule has 0 fully saturated rings. The molecule has 1 heterocycles. The van der Waals surface area contributed by atoms with Crippen molar-refractivity contribution in [3.8, 4) is 22.9 Å². The van der Waals surface area contributed by atoms with Gasteiger partial charge >= 0.3 is 0 Å². The van der Waals surface area contributed by atoms with Crippen molar-refractivity contribution in [1.82, 2.24) is 9.66 Å². The Hall–Kier alpha value is -3.17. The molecule has 0 spiro atoms. The van der Waals surface area contributed by atoms with Crippen LogP contribution in [0.3, 0.4) is 0 Å². The fourth-order valence-electron chi connectivity index (χ4n) is 4.68. The summed E-state index contributed by atoms with van der Waals surface area (Å²) in [6, 6.07) is 20.4. The molecule has 4 aromatic carbocycles. The average molecular weight is 744 g/mol. The molecular weight excluding hydrogens is 717 g/mol. The molecule has 0 atom stereocenters. The molecule has 0 saturated carbocycles. The lowest BCUT2D eigenvalue weighted by Crippen LogP contribution is -2.20. The number of benzene rings is 4. The topological polar surface area (TPSA) is 65.7 Å². The first kappa shape index (κ1) is 31.3. The zero-order valence-corrected chi connectivity index (χ0v) is 28.5. The van der Waals surface area contributed by atoms with Crippen molar-refractivity contribution >= 4 is 72.2 Å². The van der Waals surface area contributed by atoms with Gasteiger partial charge in [-0.15, -0.1) is 0 Å². The van der Waals surface area contributed by atoms with E-state index in [1.54, 1.807) is 31.4 Å². The normalized spacial score (nSPS) is 11.6. The first-order valence-electron chi connectivity index (χ1n) is 13.4. The lowest BCUT2D eigenvalue weighted by atomic mass is 9.96. The molecule has 0 aliphatic carbocycles. The highest BCUT2D eigenvalue weighted by atomic mass is 79.9. The average Bonchev–Trinajstić information content (AvgIpc) is 2.96. The van der Waals surface area contributed by atoms with Crippen molar-refractivity contribution in [2.24, 2.45) is 5.10 Å². The van der Waals surface area contributed by atoms with Gasteiger partial charge in [0, 0.05) is 20.1 Å². The molecule has 220 valence electrons. The quantitative estimate of drug-likeness (QED) is 0.149. The van der Waals surface area contributed by atoms with Gasteiger partial charge in [-0.2, -0.15) is 9.78 Å². The third-order valence-corrected chi connectivity index (χ3v) is 8.72. The van der Waals surface area contributed by atoms with Gasteiger partial charge in [0.15, 0.2) is 11.6 Å². The number of aromatic nitrogens is 2. The van der Waals surface area contributed by atoms with E-state index < -0.39 is 0 Å². The van der Waals surface area contributed by atoms with Gasteiger partial charge in [0.05, 0.1) is 34.3 Å². The first-order chi connectivity index (χ1) is 20.6. The minimum atomic E-state index is -0.296. The van der Waals surface area contributed by atoms with Crippen LogP contribution in [-0.4, -0.2) is 23.0 Å². The largest absolute Gasteiger partial charge is 0.496 e. The maximum atomic E-state index is 13.8. The molecule has 0 radical (unpaired) electrons. The summed E-state index contributed by atoms with van der Waals surface area (Å²) < 4.78 is 14.8. The minimum Gasteiger partial charge on any atom is -0.496 e. The molecule has 43 heavy (non-hydrogen) atoms. The highest BCUT2D eigenvalue weighted by Crippen LogP contribution is 2.36. The van der Waals surface area contributed by atoms with Crippen molar-refractivity contribution in [1.29, 1.82) is 0 Å². The van der Waals surface area contributed by atoms with Crippen LogP contribution in [0.1, 0.15) is 42.0 Å². The van der Waals surface area contributed by atoms with E-state index in [9.17, 15) is 4.79 Å². The van der Waals surface area contributed by atoms with Crippen LogP contribution in [-0.2, 0) is 6.61 Å². The summed E-state index contributed by atoms with van der Waals surface area (Å²) in [5.74, 6) is 1.75. The standard InChI is InChI=1S/C33H27Br2Cl2N3O3/c1-18(2)24-15-25(19(3)11-30(24)42-4)32-39-29-8-6-5-7-23(29)33(41)40(32)38-16-20-12-27(36)31(28(37)13-20)43-17-21-9-10-22(34)14-26(21)35/h5-16,18H,17H2,1-4H3. The second-order valence-corrected chi connectivity index (χ2v) is 12.8. The molecule has 0 aliphatic heterocycles. The summed E-state index contributed by atoms with van der Waals surface area (Å²) in [5, 5.41) is 5.70. The monoisotopic (exact) mass is 741 g/mol. The van der Waals surface area contributed by atoms with Gasteiger partial charge < -0.3 is 9.47 Å². The highest BCUT2D eigenvalue weighted by molar-refractivity contribution is 9.11. The fourth-order valence-corrected chi connectivity index (χ4v) is 6.45. The predicted octanol–water partition coefficient (Wildman–Crippen LogP) is 9.80. The number of hydrogen-bond acceptors (Lipinski definition) is 5. The summed E-state index contributed by atoms with van der Waals surface area (Å²) in [6.45, 7) is 6.41. The number of fused-ring (bicyclic) bond motifs is 1. The van der Waals surface area contributed by atoms with Gasteiger partial charge in [0.25, 0.3) is 5.56 Å². The SMILES string of the molecule is COc1cc(C)c(-c2nc3ccccc3c(=O)n2N=Cc2cc(Cl)c(OCc3ccc(Br)cc3Br)c(Cl)c2)cc1C(C)C. The molecule has 10 heteroatoms. The number of nitrogens with zero attached hydrogens (tertiary/aromatic N) is 3. The highest BCUT2D eigenvalue weighted by Gasteiger charge is 2.19. The Morgan fingerprint density at radius 2 is 1.74 bits per heavy atom. The van der Waals surface area contributed by atoms with Crippen molar-refractivity contribution in [2.75, 3.05) is 7.11 Å². The second kappa shape index (κ2) is 13.2. The van der Waals surface area contributed by atoms with E-state index in [2.05, 4.69) is 50.8 Å². The Kier molecular flexibility index (Phi) is 9.61. The Bertz CT molecular complexity index is 1920. The molecule has 0 bridgehead atoms. The van der Waals surface area contributed by atoms with Gasteiger partial charge in [-0.3, -0.25) is 4.79 Å². The molecule has 1 aromatic heterocycles. The van der Waals surface area contributed by atoms with Crippen LogP contribution in [0.15, 0.2) is 85.6 Å². The smallest absolute Gasteiger partial charge is 0.282 e. The van der Waals surface area contributed by atoms with Crippen LogP contribution >= 0.6 is 55.1 Å². The van der Waals surface area contributed by atoms with E-state index in [0.29, 0.717) is 38.1 Å². The number of hydrogen-bond donors (Lipinski definition) is 0. The maximum Gasteiger partial charge on any atom is 0.282 e. The molecule has 0 unspecified atom stereocenters. The van der Waals surface area contributed by atoms with E-state index in [1.807, 2.05) is 49.4 Å². The van der Waals surface area contributed by atoms with Crippen LogP contribution in [0.2, 0.25) is 10.0 Å². The zero-order valence-electron chi connectivity index (χ0n) is 23.8. The molecule has 0 N–H and O–H groups in total. The van der Waals surface area contributed by atoms with Gasteiger partial charge in [-0.25, -0.2) is 4.98 Å². The third-order valence-electron chi connectivity index (χ3n) is 6.92. The molecule has 5 rings (SSSR count).